The highest BCUT2D eigenvalue weighted by molar-refractivity contribution is 6.10. The SMILES string of the molecule is O=C(/C=C/c1ccc(O)cc1)c1c(O)cc(O[C@@H]2O[C@H](CO)[C@@H](O)[C@H](O)[C@H]2O)cc1O[C@@H]1O[C@H](CO)[C@@H](O)[C@H](O)[C@H]1O. The van der Waals surface area contributed by atoms with Crippen LogP contribution in [0.15, 0.2) is 42.5 Å². The van der Waals surface area contributed by atoms with Crippen molar-refractivity contribution in [2.75, 3.05) is 13.2 Å². The van der Waals surface area contributed by atoms with Gasteiger partial charge in [-0.1, -0.05) is 18.2 Å². The third-order valence-electron chi connectivity index (χ3n) is 6.81. The van der Waals surface area contributed by atoms with Crippen LogP contribution in [0.2, 0.25) is 0 Å². The van der Waals surface area contributed by atoms with Gasteiger partial charge in [-0.3, -0.25) is 4.79 Å². The number of benzene rings is 2. The lowest BCUT2D eigenvalue weighted by Gasteiger charge is -2.40. The lowest BCUT2D eigenvalue weighted by Crippen LogP contribution is -2.60. The van der Waals surface area contributed by atoms with Crippen molar-refractivity contribution in [2.45, 2.75) is 61.4 Å². The van der Waals surface area contributed by atoms with Crippen molar-refractivity contribution in [3.05, 3.63) is 53.6 Å². The van der Waals surface area contributed by atoms with Gasteiger partial charge in [-0.15, -0.1) is 0 Å². The van der Waals surface area contributed by atoms with Crippen LogP contribution in [0, 0.1) is 0 Å². The van der Waals surface area contributed by atoms with E-state index < -0.39 is 97.5 Å². The van der Waals surface area contributed by atoms with Crippen molar-refractivity contribution in [2.24, 2.45) is 0 Å². The number of ether oxygens (including phenoxy) is 4. The van der Waals surface area contributed by atoms with Crippen LogP contribution in [0.4, 0.5) is 0 Å². The highest BCUT2D eigenvalue weighted by Crippen LogP contribution is 2.37. The zero-order valence-electron chi connectivity index (χ0n) is 21.8. The summed E-state index contributed by atoms with van der Waals surface area (Å²) >= 11 is 0. The predicted octanol–water partition coefficient (Wildman–Crippen LogP) is -2.65. The van der Waals surface area contributed by atoms with E-state index in [1.165, 1.54) is 30.3 Å². The van der Waals surface area contributed by atoms with Crippen LogP contribution in [0.25, 0.3) is 6.08 Å². The summed E-state index contributed by atoms with van der Waals surface area (Å²) in [5.41, 5.74) is 0.0442. The summed E-state index contributed by atoms with van der Waals surface area (Å²) in [4.78, 5) is 13.2. The minimum atomic E-state index is -1.88. The van der Waals surface area contributed by atoms with Gasteiger partial charge < -0.3 is 70.0 Å². The van der Waals surface area contributed by atoms with Gasteiger partial charge in [-0.25, -0.2) is 0 Å². The summed E-state index contributed by atoms with van der Waals surface area (Å²) in [5, 5.41) is 100. The number of carbonyl (C=O) groups is 1. The first-order chi connectivity index (χ1) is 19.9. The Bertz CT molecular complexity index is 1250. The minimum Gasteiger partial charge on any atom is -0.508 e. The maximum atomic E-state index is 13.2. The van der Waals surface area contributed by atoms with Gasteiger partial charge in [0.15, 0.2) is 5.78 Å². The van der Waals surface area contributed by atoms with Crippen molar-refractivity contribution in [1.82, 2.24) is 0 Å². The molecule has 2 saturated heterocycles. The number of aliphatic hydroxyl groups is 8. The summed E-state index contributed by atoms with van der Waals surface area (Å²) in [6, 6.07) is 7.79. The largest absolute Gasteiger partial charge is 0.508 e. The monoisotopic (exact) mass is 596 g/mol. The third kappa shape index (κ3) is 6.66. The molecule has 15 nitrogen and oxygen atoms in total. The van der Waals surface area contributed by atoms with Crippen LogP contribution in [-0.2, 0) is 9.47 Å². The van der Waals surface area contributed by atoms with E-state index in [1.807, 2.05) is 0 Å². The first-order valence-corrected chi connectivity index (χ1v) is 12.8. The normalized spacial score (nSPS) is 33.4. The number of phenols is 2. The van der Waals surface area contributed by atoms with E-state index in [2.05, 4.69) is 0 Å². The zero-order valence-corrected chi connectivity index (χ0v) is 21.8. The topological polar surface area (TPSA) is 256 Å². The van der Waals surface area contributed by atoms with Crippen molar-refractivity contribution in [1.29, 1.82) is 0 Å². The van der Waals surface area contributed by atoms with Gasteiger partial charge in [0.05, 0.1) is 13.2 Å². The number of hydrogen-bond acceptors (Lipinski definition) is 15. The Labute approximate surface area is 238 Å². The fraction of sp³-hybridized carbons (Fsp3) is 0.444. The zero-order chi connectivity index (χ0) is 30.7. The van der Waals surface area contributed by atoms with E-state index in [0.29, 0.717) is 5.56 Å². The van der Waals surface area contributed by atoms with Crippen molar-refractivity contribution < 1.29 is 74.8 Å². The number of rotatable bonds is 9. The Morgan fingerprint density at radius 1 is 0.738 bits per heavy atom. The Kier molecular flexibility index (Phi) is 10.0. The predicted molar refractivity (Wildman–Crippen MR) is 138 cm³/mol. The van der Waals surface area contributed by atoms with Crippen LogP contribution < -0.4 is 9.47 Å². The molecule has 0 amide bonds. The first kappa shape index (κ1) is 31.6. The van der Waals surface area contributed by atoms with E-state index in [0.717, 1.165) is 18.2 Å². The molecule has 2 fully saturated rings. The number of phenolic OH excluding ortho intramolecular Hbond substituents is 2. The van der Waals surface area contributed by atoms with Crippen molar-refractivity contribution in [3.63, 3.8) is 0 Å². The van der Waals surface area contributed by atoms with E-state index in [-0.39, 0.29) is 11.5 Å². The van der Waals surface area contributed by atoms with Gasteiger partial charge in [0.2, 0.25) is 12.6 Å². The lowest BCUT2D eigenvalue weighted by molar-refractivity contribution is -0.278. The summed E-state index contributed by atoms with van der Waals surface area (Å²) in [6.45, 7) is -1.50. The summed E-state index contributed by atoms with van der Waals surface area (Å²) in [7, 11) is 0. The van der Waals surface area contributed by atoms with Gasteiger partial charge in [0.25, 0.3) is 0 Å². The number of aliphatic hydroxyl groups excluding tert-OH is 8. The highest BCUT2D eigenvalue weighted by Gasteiger charge is 2.46. The molecule has 0 spiro atoms. The Balaban J connectivity index is 1.68. The molecule has 0 bridgehead atoms. The lowest BCUT2D eigenvalue weighted by atomic mass is 9.99. The van der Waals surface area contributed by atoms with E-state index in [1.54, 1.807) is 0 Å². The van der Waals surface area contributed by atoms with Crippen LogP contribution in [0.5, 0.6) is 23.0 Å². The number of aromatic hydroxyl groups is 2. The Morgan fingerprint density at radius 3 is 1.79 bits per heavy atom. The molecular weight excluding hydrogens is 564 g/mol. The Hall–Kier alpha value is -3.35. The van der Waals surface area contributed by atoms with Gasteiger partial charge in [0.1, 0.15) is 77.4 Å². The molecule has 0 radical (unpaired) electrons. The van der Waals surface area contributed by atoms with Crippen LogP contribution in [0.1, 0.15) is 15.9 Å². The number of ketones is 1. The maximum absolute atomic E-state index is 13.2. The van der Waals surface area contributed by atoms with Gasteiger partial charge >= 0.3 is 0 Å². The molecule has 0 aromatic heterocycles. The fourth-order valence-electron chi connectivity index (χ4n) is 4.41. The molecule has 10 N–H and O–H groups in total. The second-order valence-corrected chi connectivity index (χ2v) is 9.73. The van der Waals surface area contributed by atoms with Gasteiger partial charge in [-0.05, 0) is 23.8 Å². The molecule has 0 saturated carbocycles. The van der Waals surface area contributed by atoms with Crippen LogP contribution >= 0.6 is 0 Å². The van der Waals surface area contributed by atoms with Crippen LogP contribution in [-0.4, -0.2) is 131 Å². The molecule has 230 valence electrons. The average Bonchev–Trinajstić information content (AvgIpc) is 2.97. The maximum Gasteiger partial charge on any atom is 0.229 e. The fourth-order valence-corrected chi connectivity index (χ4v) is 4.41. The first-order valence-electron chi connectivity index (χ1n) is 12.8. The summed E-state index contributed by atoms with van der Waals surface area (Å²) in [5.74, 6) is -2.33. The van der Waals surface area contributed by atoms with Crippen LogP contribution in [0.3, 0.4) is 0 Å². The third-order valence-corrected chi connectivity index (χ3v) is 6.81. The number of carbonyl (C=O) groups excluding carboxylic acids is 1. The molecule has 42 heavy (non-hydrogen) atoms. The van der Waals surface area contributed by atoms with E-state index >= 15 is 0 Å². The summed E-state index contributed by atoms with van der Waals surface area (Å²) < 4.78 is 21.8. The second-order valence-electron chi connectivity index (χ2n) is 9.73. The van der Waals surface area contributed by atoms with E-state index in [9.17, 15) is 55.9 Å². The molecule has 0 unspecified atom stereocenters. The minimum absolute atomic E-state index is 0.00123. The number of allylic oxidation sites excluding steroid dienone is 1. The van der Waals surface area contributed by atoms with E-state index in [4.69, 9.17) is 18.9 Å². The molecule has 4 rings (SSSR count). The van der Waals surface area contributed by atoms with Crippen molar-refractivity contribution in [3.8, 4) is 23.0 Å². The Morgan fingerprint density at radius 2 is 1.26 bits per heavy atom. The molecule has 2 heterocycles. The highest BCUT2D eigenvalue weighted by atomic mass is 16.7. The second kappa shape index (κ2) is 13.3. The molecule has 2 aliphatic rings. The molecule has 15 heteroatoms. The van der Waals surface area contributed by atoms with Crippen molar-refractivity contribution >= 4 is 11.9 Å². The molecule has 10 atom stereocenters. The molecular formula is C27H32O15. The molecule has 0 aliphatic carbocycles. The quantitative estimate of drug-likeness (QED) is 0.105. The number of hydrogen-bond donors (Lipinski definition) is 10. The van der Waals surface area contributed by atoms with Gasteiger partial charge in [-0.2, -0.15) is 0 Å². The van der Waals surface area contributed by atoms with Gasteiger partial charge in [0, 0.05) is 12.1 Å². The standard InChI is InChI=1S/C27H32O15/c28-9-17-20(33)22(35)24(37)26(41-17)39-13-7-15(32)19(14(31)6-3-11-1-4-12(30)5-2-11)16(8-13)40-27-25(38)23(36)21(34)18(10-29)42-27/h1-8,17-18,20-30,32-38H,9-10H2/b6-3+/t17-,18-,20-,21-,22+,23+,24-,25-,26-,27-/m1/s1. The average molecular weight is 597 g/mol. The molecule has 2 aromatic rings. The smallest absolute Gasteiger partial charge is 0.229 e. The molecule has 2 aliphatic heterocycles. The molecule has 2 aromatic carbocycles. The summed E-state index contributed by atoms with van der Waals surface area (Å²) in [6.07, 6.45) is -14.3.